The van der Waals surface area contributed by atoms with Crippen molar-refractivity contribution in [2.75, 3.05) is 45.9 Å². The second kappa shape index (κ2) is 7.97. The van der Waals surface area contributed by atoms with Crippen LogP contribution in [-0.2, 0) is 0 Å². The Balaban J connectivity index is 1.80. The minimum atomic E-state index is -0.331. The zero-order valence-corrected chi connectivity index (χ0v) is 12.5. The van der Waals surface area contributed by atoms with Crippen LogP contribution in [0.5, 0.6) is 5.75 Å². The van der Waals surface area contributed by atoms with E-state index in [0.717, 1.165) is 39.3 Å². The number of benzene rings is 1. The molecule has 0 spiro atoms. The number of para-hydroxylation sites is 1. The number of nitrogens with two attached hydrogens (primary N) is 1. The zero-order chi connectivity index (χ0) is 15.1. The summed E-state index contributed by atoms with van der Waals surface area (Å²) in [5.41, 5.74) is 2.61. The van der Waals surface area contributed by atoms with E-state index in [9.17, 15) is 4.79 Å². The van der Waals surface area contributed by atoms with Gasteiger partial charge in [0.25, 0.3) is 5.91 Å². The highest BCUT2D eigenvalue weighted by Crippen LogP contribution is 2.17. The predicted molar refractivity (Wildman–Crippen MR) is 82.1 cm³/mol. The molecule has 0 bridgehead atoms. The minimum Gasteiger partial charge on any atom is -0.491 e. The van der Waals surface area contributed by atoms with Gasteiger partial charge in [0.15, 0.2) is 0 Å². The highest BCUT2D eigenvalue weighted by Gasteiger charge is 2.15. The molecule has 116 valence electrons. The van der Waals surface area contributed by atoms with Crippen LogP contribution < -0.4 is 16.0 Å². The summed E-state index contributed by atoms with van der Waals surface area (Å²) >= 11 is 0. The van der Waals surface area contributed by atoms with E-state index in [4.69, 9.17) is 10.6 Å². The number of ether oxygens (including phenoxy) is 1. The first-order valence-electron chi connectivity index (χ1n) is 7.42. The van der Waals surface area contributed by atoms with Gasteiger partial charge in [-0.15, -0.1) is 0 Å². The second-order valence-electron chi connectivity index (χ2n) is 5.09. The standard InChI is InChI=1S/C15H24N4O2/c1-2-18-7-9-19(10-8-18)11-12-21-14-6-4-3-5-13(14)15(20)17-16/h3-6H,2,7-12,16H2,1H3,(H,17,20). The number of nitrogen functional groups attached to an aromatic ring is 1. The Bertz CT molecular complexity index is 459. The van der Waals surface area contributed by atoms with Gasteiger partial charge >= 0.3 is 0 Å². The van der Waals surface area contributed by atoms with Crippen molar-refractivity contribution in [3.05, 3.63) is 29.8 Å². The maximum Gasteiger partial charge on any atom is 0.268 e. The number of hydrogen-bond acceptors (Lipinski definition) is 5. The molecule has 1 aliphatic rings. The number of likely N-dealkylation sites (N-methyl/N-ethyl adjacent to an activating group) is 1. The summed E-state index contributed by atoms with van der Waals surface area (Å²) in [6.07, 6.45) is 0. The molecule has 2 rings (SSSR count). The molecule has 21 heavy (non-hydrogen) atoms. The largest absolute Gasteiger partial charge is 0.491 e. The molecule has 0 saturated carbocycles. The monoisotopic (exact) mass is 292 g/mol. The van der Waals surface area contributed by atoms with Gasteiger partial charge in [-0.2, -0.15) is 0 Å². The fraction of sp³-hybridized carbons (Fsp3) is 0.533. The van der Waals surface area contributed by atoms with Gasteiger partial charge in [-0.05, 0) is 18.7 Å². The number of carbonyl (C=O) groups is 1. The first-order chi connectivity index (χ1) is 10.2. The summed E-state index contributed by atoms with van der Waals surface area (Å²) in [5, 5.41) is 0. The molecule has 0 aliphatic carbocycles. The van der Waals surface area contributed by atoms with Gasteiger partial charge in [-0.3, -0.25) is 15.1 Å². The van der Waals surface area contributed by atoms with Crippen LogP contribution in [0, 0.1) is 0 Å². The molecule has 1 saturated heterocycles. The van der Waals surface area contributed by atoms with Crippen molar-refractivity contribution in [1.82, 2.24) is 15.2 Å². The van der Waals surface area contributed by atoms with E-state index in [1.165, 1.54) is 0 Å². The number of rotatable bonds is 6. The van der Waals surface area contributed by atoms with Crippen molar-refractivity contribution in [3.8, 4) is 5.75 Å². The summed E-state index contributed by atoms with van der Waals surface area (Å²) in [6, 6.07) is 7.14. The van der Waals surface area contributed by atoms with Crippen LogP contribution in [-0.4, -0.2) is 61.6 Å². The summed E-state index contributed by atoms with van der Waals surface area (Å²) in [4.78, 5) is 16.5. The van der Waals surface area contributed by atoms with E-state index in [2.05, 4.69) is 22.1 Å². The molecular formula is C15H24N4O2. The molecular weight excluding hydrogens is 268 g/mol. The van der Waals surface area contributed by atoms with E-state index in [1.807, 2.05) is 6.07 Å². The molecule has 1 aliphatic heterocycles. The van der Waals surface area contributed by atoms with Crippen LogP contribution in [0.25, 0.3) is 0 Å². The van der Waals surface area contributed by atoms with Gasteiger partial charge in [-0.25, -0.2) is 5.84 Å². The average Bonchev–Trinajstić information content (AvgIpc) is 2.55. The van der Waals surface area contributed by atoms with E-state index >= 15 is 0 Å². The van der Waals surface area contributed by atoms with E-state index in [-0.39, 0.29) is 5.91 Å². The maximum atomic E-state index is 11.6. The van der Waals surface area contributed by atoms with Gasteiger partial charge in [0, 0.05) is 32.7 Å². The van der Waals surface area contributed by atoms with Crippen LogP contribution in [0.15, 0.2) is 24.3 Å². The van der Waals surface area contributed by atoms with Gasteiger partial charge < -0.3 is 9.64 Å². The van der Waals surface area contributed by atoms with Crippen molar-refractivity contribution < 1.29 is 9.53 Å². The third-order valence-corrected chi connectivity index (χ3v) is 3.84. The first-order valence-corrected chi connectivity index (χ1v) is 7.42. The fourth-order valence-corrected chi connectivity index (χ4v) is 2.47. The Morgan fingerprint density at radius 3 is 2.57 bits per heavy atom. The zero-order valence-electron chi connectivity index (χ0n) is 12.5. The molecule has 1 heterocycles. The molecule has 0 unspecified atom stereocenters. The Morgan fingerprint density at radius 2 is 1.90 bits per heavy atom. The molecule has 6 nitrogen and oxygen atoms in total. The summed E-state index contributed by atoms with van der Waals surface area (Å²) in [7, 11) is 0. The number of nitrogens with one attached hydrogen (secondary N) is 1. The maximum absolute atomic E-state index is 11.6. The first kappa shape index (κ1) is 15.8. The van der Waals surface area contributed by atoms with E-state index < -0.39 is 0 Å². The number of hydrogen-bond donors (Lipinski definition) is 2. The third kappa shape index (κ3) is 4.42. The van der Waals surface area contributed by atoms with Crippen LogP contribution in [0.4, 0.5) is 0 Å². The fourth-order valence-electron chi connectivity index (χ4n) is 2.47. The lowest BCUT2D eigenvalue weighted by Crippen LogP contribution is -2.47. The van der Waals surface area contributed by atoms with Crippen LogP contribution >= 0.6 is 0 Å². The average molecular weight is 292 g/mol. The van der Waals surface area contributed by atoms with Gasteiger partial charge in [0.05, 0.1) is 5.56 Å². The molecule has 1 aromatic rings. The predicted octanol–water partition coefficient (Wildman–Crippen LogP) is 0.306. The Labute approximate surface area is 125 Å². The van der Waals surface area contributed by atoms with E-state index in [1.54, 1.807) is 18.2 Å². The number of hydrazine groups is 1. The SMILES string of the molecule is CCN1CCN(CCOc2ccccc2C(=O)NN)CC1. The number of piperazine rings is 1. The highest BCUT2D eigenvalue weighted by molar-refractivity contribution is 5.96. The van der Waals surface area contributed by atoms with Gasteiger partial charge in [-0.1, -0.05) is 19.1 Å². The lowest BCUT2D eigenvalue weighted by molar-refractivity contribution is 0.0946. The van der Waals surface area contributed by atoms with Crippen molar-refractivity contribution in [2.24, 2.45) is 5.84 Å². The molecule has 6 heteroatoms. The van der Waals surface area contributed by atoms with Crippen molar-refractivity contribution >= 4 is 5.91 Å². The summed E-state index contributed by atoms with van der Waals surface area (Å²) < 4.78 is 5.74. The molecule has 0 atom stereocenters. The summed E-state index contributed by atoms with van der Waals surface area (Å²) in [6.45, 7) is 9.12. The minimum absolute atomic E-state index is 0.331. The second-order valence-corrected chi connectivity index (χ2v) is 5.09. The lowest BCUT2D eigenvalue weighted by atomic mass is 10.2. The van der Waals surface area contributed by atoms with Gasteiger partial charge in [0.2, 0.25) is 0 Å². The van der Waals surface area contributed by atoms with Crippen LogP contribution in [0.3, 0.4) is 0 Å². The van der Waals surface area contributed by atoms with E-state index in [0.29, 0.717) is 17.9 Å². The van der Waals surface area contributed by atoms with Crippen molar-refractivity contribution in [3.63, 3.8) is 0 Å². The van der Waals surface area contributed by atoms with Gasteiger partial charge in [0.1, 0.15) is 12.4 Å². The number of carbonyl (C=O) groups excluding carboxylic acids is 1. The topological polar surface area (TPSA) is 70.8 Å². The normalized spacial score (nSPS) is 16.7. The smallest absolute Gasteiger partial charge is 0.268 e. The Morgan fingerprint density at radius 1 is 1.24 bits per heavy atom. The molecule has 3 N–H and O–H groups in total. The van der Waals surface area contributed by atoms with Crippen LogP contribution in [0.1, 0.15) is 17.3 Å². The Hall–Kier alpha value is -1.63. The van der Waals surface area contributed by atoms with Crippen LogP contribution in [0.2, 0.25) is 0 Å². The quantitative estimate of drug-likeness (QED) is 0.448. The molecule has 1 aromatic carbocycles. The lowest BCUT2D eigenvalue weighted by Gasteiger charge is -2.33. The molecule has 1 amide bonds. The molecule has 1 fully saturated rings. The molecule has 0 radical (unpaired) electrons. The number of nitrogens with zero attached hydrogens (tertiary/aromatic N) is 2. The highest BCUT2D eigenvalue weighted by atomic mass is 16.5. The third-order valence-electron chi connectivity index (χ3n) is 3.84. The summed E-state index contributed by atoms with van der Waals surface area (Å²) in [5.74, 6) is 5.42. The Kier molecular flexibility index (Phi) is 5.98. The molecule has 0 aromatic heterocycles. The number of amides is 1. The van der Waals surface area contributed by atoms with Crippen molar-refractivity contribution in [1.29, 1.82) is 0 Å². The van der Waals surface area contributed by atoms with Crippen molar-refractivity contribution in [2.45, 2.75) is 6.92 Å².